The van der Waals surface area contributed by atoms with Crippen LogP contribution in [0.25, 0.3) is 0 Å². The number of hydrogen-bond donors (Lipinski definition) is 1. The molecule has 1 heterocycles. The van der Waals surface area contributed by atoms with E-state index < -0.39 is 0 Å². The van der Waals surface area contributed by atoms with E-state index in [1.165, 1.54) is 63.2 Å². The third kappa shape index (κ3) is 4.80. The third-order valence-electron chi connectivity index (χ3n) is 4.80. The van der Waals surface area contributed by atoms with Crippen molar-refractivity contribution in [2.75, 3.05) is 39.3 Å². The van der Waals surface area contributed by atoms with E-state index >= 15 is 0 Å². The summed E-state index contributed by atoms with van der Waals surface area (Å²) in [5, 5.41) is 3.56. The van der Waals surface area contributed by atoms with Gasteiger partial charge in [0.25, 0.3) is 0 Å². The summed E-state index contributed by atoms with van der Waals surface area (Å²) in [7, 11) is 0. The molecule has 0 radical (unpaired) electrons. The van der Waals surface area contributed by atoms with Crippen molar-refractivity contribution in [2.45, 2.75) is 32.9 Å². The Labute approximate surface area is 129 Å². The Morgan fingerprint density at radius 1 is 0.952 bits per heavy atom. The van der Waals surface area contributed by atoms with Crippen LogP contribution in [0.1, 0.15) is 30.9 Å². The molecule has 21 heavy (non-hydrogen) atoms. The first-order chi connectivity index (χ1) is 10.3. The number of hydrogen-bond acceptors (Lipinski definition) is 3. The van der Waals surface area contributed by atoms with Crippen molar-refractivity contribution in [3.63, 3.8) is 0 Å². The molecule has 0 aromatic heterocycles. The molecule has 2 aliphatic rings. The maximum atomic E-state index is 3.56. The van der Waals surface area contributed by atoms with Gasteiger partial charge in [0.2, 0.25) is 0 Å². The van der Waals surface area contributed by atoms with Gasteiger partial charge in [-0.2, -0.15) is 0 Å². The van der Waals surface area contributed by atoms with Gasteiger partial charge in [0.05, 0.1) is 0 Å². The minimum Gasteiger partial charge on any atom is -0.312 e. The largest absolute Gasteiger partial charge is 0.312 e. The fourth-order valence-electron chi connectivity index (χ4n) is 3.03. The molecule has 3 rings (SSSR count). The van der Waals surface area contributed by atoms with Gasteiger partial charge in [0.15, 0.2) is 0 Å². The molecule has 1 aromatic rings. The van der Waals surface area contributed by atoms with E-state index in [4.69, 9.17) is 0 Å². The summed E-state index contributed by atoms with van der Waals surface area (Å²) in [5.41, 5.74) is 2.86. The molecule has 1 aromatic carbocycles. The average molecular weight is 287 g/mol. The first-order valence-corrected chi connectivity index (χ1v) is 8.56. The van der Waals surface area contributed by atoms with E-state index in [1.54, 1.807) is 0 Å². The van der Waals surface area contributed by atoms with Crippen LogP contribution in [0.5, 0.6) is 0 Å². The summed E-state index contributed by atoms with van der Waals surface area (Å²) < 4.78 is 0. The van der Waals surface area contributed by atoms with Crippen LogP contribution in [-0.4, -0.2) is 49.1 Å². The van der Waals surface area contributed by atoms with Crippen LogP contribution < -0.4 is 5.32 Å². The Kier molecular flexibility index (Phi) is 5.28. The lowest BCUT2D eigenvalue weighted by Gasteiger charge is -2.34. The van der Waals surface area contributed by atoms with Gasteiger partial charge in [0.1, 0.15) is 0 Å². The molecule has 0 atom stereocenters. The zero-order chi connectivity index (χ0) is 14.5. The molecule has 1 saturated heterocycles. The second kappa shape index (κ2) is 7.39. The summed E-state index contributed by atoms with van der Waals surface area (Å²) in [4.78, 5) is 5.11. The normalized spacial score (nSPS) is 20.8. The maximum absolute atomic E-state index is 3.56. The van der Waals surface area contributed by atoms with E-state index in [9.17, 15) is 0 Å². The van der Waals surface area contributed by atoms with Gasteiger partial charge in [-0.1, -0.05) is 31.2 Å². The quantitative estimate of drug-likeness (QED) is 0.830. The summed E-state index contributed by atoms with van der Waals surface area (Å²) in [6.07, 6.45) is 2.86. The highest BCUT2D eigenvalue weighted by molar-refractivity contribution is 5.22. The van der Waals surface area contributed by atoms with Gasteiger partial charge in [-0.05, 0) is 43.0 Å². The average Bonchev–Trinajstić information content (AvgIpc) is 3.34. The molecule has 1 aliphatic heterocycles. The minimum atomic E-state index is 0.964. The Morgan fingerprint density at radius 3 is 2.19 bits per heavy atom. The summed E-state index contributed by atoms with van der Waals surface area (Å²) in [6, 6.07) is 9.19. The zero-order valence-electron chi connectivity index (χ0n) is 13.4. The van der Waals surface area contributed by atoms with Crippen LogP contribution in [0.4, 0.5) is 0 Å². The van der Waals surface area contributed by atoms with E-state index in [0.717, 1.165) is 19.0 Å². The first kappa shape index (κ1) is 15.0. The van der Waals surface area contributed by atoms with Crippen molar-refractivity contribution in [3.8, 4) is 0 Å². The zero-order valence-corrected chi connectivity index (χ0v) is 13.4. The van der Waals surface area contributed by atoms with Crippen LogP contribution in [0.2, 0.25) is 0 Å². The van der Waals surface area contributed by atoms with Gasteiger partial charge in [-0.3, -0.25) is 4.90 Å². The number of nitrogens with zero attached hydrogens (tertiary/aromatic N) is 2. The molecule has 1 aliphatic carbocycles. The molecule has 116 valence electrons. The topological polar surface area (TPSA) is 18.5 Å². The fraction of sp³-hybridized carbons (Fsp3) is 0.667. The second-order valence-corrected chi connectivity index (χ2v) is 6.60. The number of likely N-dealkylation sites (N-methyl/N-ethyl adjacent to an activating group) is 1. The predicted molar refractivity (Wildman–Crippen MR) is 88.3 cm³/mol. The van der Waals surface area contributed by atoms with Crippen LogP contribution in [-0.2, 0) is 13.1 Å². The standard InChI is InChI=1S/C18H29N3/c1-2-20-9-11-21(12-10-20)15-18-7-5-17(6-8-18)14-19-13-16-3-4-16/h5-8,16,19H,2-4,9-15H2,1H3. The second-order valence-electron chi connectivity index (χ2n) is 6.60. The Balaban J connectivity index is 1.41. The molecule has 3 heteroatoms. The van der Waals surface area contributed by atoms with E-state index in [-0.39, 0.29) is 0 Å². The number of nitrogens with one attached hydrogen (secondary N) is 1. The third-order valence-corrected chi connectivity index (χ3v) is 4.80. The molecule has 1 saturated carbocycles. The van der Waals surface area contributed by atoms with Crippen molar-refractivity contribution < 1.29 is 0 Å². The molecule has 0 amide bonds. The van der Waals surface area contributed by atoms with Gasteiger partial charge in [0, 0.05) is 39.3 Å². The predicted octanol–water partition coefficient (Wildman–Crippen LogP) is 2.32. The summed E-state index contributed by atoms with van der Waals surface area (Å²) in [5.74, 6) is 0.964. The van der Waals surface area contributed by atoms with Crippen LogP contribution in [0.3, 0.4) is 0 Å². The number of piperazine rings is 1. The molecular formula is C18H29N3. The highest BCUT2D eigenvalue weighted by Crippen LogP contribution is 2.27. The summed E-state index contributed by atoms with van der Waals surface area (Å²) in [6.45, 7) is 11.6. The lowest BCUT2D eigenvalue weighted by Crippen LogP contribution is -2.45. The first-order valence-electron chi connectivity index (χ1n) is 8.56. The van der Waals surface area contributed by atoms with Crippen LogP contribution >= 0.6 is 0 Å². The smallest absolute Gasteiger partial charge is 0.0234 e. The van der Waals surface area contributed by atoms with Gasteiger partial charge >= 0.3 is 0 Å². The van der Waals surface area contributed by atoms with Crippen LogP contribution in [0, 0.1) is 5.92 Å². The fourth-order valence-corrected chi connectivity index (χ4v) is 3.03. The Morgan fingerprint density at radius 2 is 1.57 bits per heavy atom. The molecule has 2 fully saturated rings. The van der Waals surface area contributed by atoms with E-state index in [1.807, 2.05) is 0 Å². The minimum absolute atomic E-state index is 0.964. The van der Waals surface area contributed by atoms with Crippen molar-refractivity contribution in [2.24, 2.45) is 5.92 Å². The van der Waals surface area contributed by atoms with Crippen molar-refractivity contribution in [1.29, 1.82) is 0 Å². The monoisotopic (exact) mass is 287 g/mol. The SMILES string of the molecule is CCN1CCN(Cc2ccc(CNCC3CC3)cc2)CC1. The lowest BCUT2D eigenvalue weighted by atomic mass is 10.1. The molecule has 0 spiro atoms. The summed E-state index contributed by atoms with van der Waals surface area (Å²) >= 11 is 0. The molecule has 1 N–H and O–H groups in total. The molecule has 0 unspecified atom stereocenters. The van der Waals surface area contributed by atoms with E-state index in [2.05, 4.69) is 46.3 Å². The van der Waals surface area contributed by atoms with Crippen molar-refractivity contribution >= 4 is 0 Å². The van der Waals surface area contributed by atoms with Gasteiger partial charge < -0.3 is 10.2 Å². The van der Waals surface area contributed by atoms with Gasteiger partial charge in [-0.25, -0.2) is 0 Å². The van der Waals surface area contributed by atoms with Crippen molar-refractivity contribution in [1.82, 2.24) is 15.1 Å². The highest BCUT2D eigenvalue weighted by atomic mass is 15.3. The van der Waals surface area contributed by atoms with Gasteiger partial charge in [-0.15, -0.1) is 0 Å². The molecular weight excluding hydrogens is 258 g/mol. The lowest BCUT2D eigenvalue weighted by molar-refractivity contribution is 0.132. The Hall–Kier alpha value is -0.900. The highest BCUT2D eigenvalue weighted by Gasteiger charge is 2.20. The number of rotatable bonds is 7. The number of benzene rings is 1. The van der Waals surface area contributed by atoms with E-state index in [0.29, 0.717) is 0 Å². The molecule has 0 bridgehead atoms. The van der Waals surface area contributed by atoms with Crippen molar-refractivity contribution in [3.05, 3.63) is 35.4 Å². The Bertz CT molecular complexity index is 417. The maximum Gasteiger partial charge on any atom is 0.0234 e. The molecule has 3 nitrogen and oxygen atoms in total. The van der Waals surface area contributed by atoms with Crippen LogP contribution in [0.15, 0.2) is 24.3 Å².